The predicted octanol–water partition coefficient (Wildman–Crippen LogP) is 1.48. The molecule has 1 aliphatic carbocycles. The van der Waals surface area contributed by atoms with Crippen molar-refractivity contribution in [2.24, 2.45) is 11.8 Å². The van der Waals surface area contributed by atoms with Crippen molar-refractivity contribution in [3.63, 3.8) is 0 Å². The van der Waals surface area contributed by atoms with Gasteiger partial charge in [-0.25, -0.2) is 5.06 Å². The molecule has 1 amide bonds. The first-order valence-corrected chi connectivity index (χ1v) is 7.62. The van der Waals surface area contributed by atoms with Crippen LogP contribution in [0.4, 0.5) is 0 Å². The lowest BCUT2D eigenvalue weighted by atomic mass is 9.82. The molecular weight excluding hydrogens is 270 g/mol. The zero-order valence-electron chi connectivity index (χ0n) is 12.0. The van der Waals surface area contributed by atoms with E-state index in [0.717, 1.165) is 37.8 Å². The summed E-state index contributed by atoms with van der Waals surface area (Å²) in [6.45, 7) is 0.766. The Morgan fingerprint density at radius 3 is 2.76 bits per heavy atom. The van der Waals surface area contributed by atoms with Crippen LogP contribution in [0.2, 0.25) is 0 Å². The second kappa shape index (κ2) is 6.49. The van der Waals surface area contributed by atoms with Gasteiger partial charge >= 0.3 is 0 Å². The number of amides is 1. The molecular formula is C15H21N3O3. The fraction of sp³-hybridized carbons (Fsp3) is 0.667. The van der Waals surface area contributed by atoms with Crippen molar-refractivity contribution in [3.05, 3.63) is 24.3 Å². The SMILES string of the molecule is O=C([C@H]1CC[C@H](CO)CC1)N1OCC[C@H]1c1cnccn1. The summed E-state index contributed by atoms with van der Waals surface area (Å²) < 4.78 is 0. The van der Waals surface area contributed by atoms with E-state index < -0.39 is 0 Å². The number of hydrogen-bond donors (Lipinski definition) is 1. The Bertz CT molecular complexity index is 474. The Morgan fingerprint density at radius 2 is 2.10 bits per heavy atom. The van der Waals surface area contributed by atoms with Gasteiger partial charge in [0.15, 0.2) is 0 Å². The quantitative estimate of drug-likeness (QED) is 0.913. The van der Waals surface area contributed by atoms with Crippen molar-refractivity contribution in [2.75, 3.05) is 13.2 Å². The summed E-state index contributed by atoms with van der Waals surface area (Å²) in [5, 5.41) is 10.7. The number of carbonyl (C=O) groups excluding carboxylic acids is 1. The van der Waals surface area contributed by atoms with Crippen LogP contribution in [0.5, 0.6) is 0 Å². The molecule has 2 aliphatic rings. The van der Waals surface area contributed by atoms with Gasteiger partial charge in [-0.3, -0.25) is 19.6 Å². The normalized spacial score (nSPS) is 29.6. The summed E-state index contributed by atoms with van der Waals surface area (Å²) >= 11 is 0. The molecule has 1 saturated carbocycles. The lowest BCUT2D eigenvalue weighted by molar-refractivity contribution is -0.183. The van der Waals surface area contributed by atoms with E-state index in [1.165, 1.54) is 5.06 Å². The van der Waals surface area contributed by atoms with Gasteiger partial charge < -0.3 is 5.11 Å². The average Bonchev–Trinajstić information content (AvgIpc) is 3.04. The van der Waals surface area contributed by atoms with Gasteiger partial charge in [-0.15, -0.1) is 0 Å². The van der Waals surface area contributed by atoms with Crippen molar-refractivity contribution >= 4 is 5.91 Å². The molecule has 3 rings (SSSR count). The first-order chi connectivity index (χ1) is 10.3. The molecule has 0 spiro atoms. The van der Waals surface area contributed by atoms with Crippen LogP contribution in [0.25, 0.3) is 0 Å². The minimum absolute atomic E-state index is 0.00470. The second-order valence-corrected chi connectivity index (χ2v) is 5.83. The smallest absolute Gasteiger partial charge is 0.249 e. The molecule has 1 N–H and O–H groups in total. The maximum absolute atomic E-state index is 12.7. The van der Waals surface area contributed by atoms with E-state index in [1.54, 1.807) is 18.6 Å². The van der Waals surface area contributed by atoms with Gasteiger partial charge in [0.25, 0.3) is 0 Å². The largest absolute Gasteiger partial charge is 0.396 e. The molecule has 1 atom stereocenters. The van der Waals surface area contributed by atoms with Gasteiger partial charge in [0.2, 0.25) is 5.91 Å². The number of nitrogens with zero attached hydrogens (tertiary/aromatic N) is 3. The number of aliphatic hydroxyl groups excluding tert-OH is 1. The molecule has 1 aromatic heterocycles. The van der Waals surface area contributed by atoms with Crippen molar-refractivity contribution in [1.82, 2.24) is 15.0 Å². The van der Waals surface area contributed by atoms with Crippen LogP contribution in [0.1, 0.15) is 43.8 Å². The number of aliphatic hydroxyl groups is 1. The van der Waals surface area contributed by atoms with Gasteiger partial charge in [-0.1, -0.05) is 0 Å². The first kappa shape index (κ1) is 14.4. The van der Waals surface area contributed by atoms with Gasteiger partial charge in [0.05, 0.1) is 18.5 Å². The summed E-state index contributed by atoms with van der Waals surface area (Å²) in [5.74, 6) is 0.411. The van der Waals surface area contributed by atoms with Crippen molar-refractivity contribution in [1.29, 1.82) is 0 Å². The highest BCUT2D eigenvalue weighted by atomic mass is 16.7. The van der Waals surface area contributed by atoms with Gasteiger partial charge in [0, 0.05) is 31.3 Å². The third-order valence-electron chi connectivity index (χ3n) is 4.50. The number of aromatic nitrogens is 2. The third kappa shape index (κ3) is 3.06. The lowest BCUT2D eigenvalue weighted by Gasteiger charge is -2.31. The maximum Gasteiger partial charge on any atom is 0.249 e. The molecule has 0 radical (unpaired) electrons. The first-order valence-electron chi connectivity index (χ1n) is 7.62. The van der Waals surface area contributed by atoms with E-state index in [1.807, 2.05) is 0 Å². The molecule has 114 valence electrons. The monoisotopic (exact) mass is 291 g/mol. The number of hydrogen-bond acceptors (Lipinski definition) is 5. The van der Waals surface area contributed by atoms with Crippen LogP contribution < -0.4 is 0 Å². The van der Waals surface area contributed by atoms with E-state index >= 15 is 0 Å². The topological polar surface area (TPSA) is 75.5 Å². The fourth-order valence-electron chi connectivity index (χ4n) is 3.21. The molecule has 21 heavy (non-hydrogen) atoms. The average molecular weight is 291 g/mol. The zero-order valence-corrected chi connectivity index (χ0v) is 12.0. The highest BCUT2D eigenvalue weighted by molar-refractivity contribution is 5.78. The van der Waals surface area contributed by atoms with Crippen molar-refractivity contribution in [2.45, 2.75) is 38.1 Å². The van der Waals surface area contributed by atoms with Crippen LogP contribution in [0.15, 0.2) is 18.6 Å². The summed E-state index contributed by atoms with van der Waals surface area (Å²) in [7, 11) is 0. The van der Waals surface area contributed by atoms with Crippen LogP contribution >= 0.6 is 0 Å². The molecule has 2 heterocycles. The molecule has 6 heteroatoms. The van der Waals surface area contributed by atoms with E-state index in [4.69, 9.17) is 4.84 Å². The minimum atomic E-state index is -0.123. The van der Waals surface area contributed by atoms with Gasteiger partial charge in [-0.2, -0.15) is 0 Å². The van der Waals surface area contributed by atoms with Crippen LogP contribution in [-0.4, -0.2) is 39.3 Å². The number of carbonyl (C=O) groups is 1. The Hall–Kier alpha value is -1.53. The molecule has 1 aromatic rings. The predicted molar refractivity (Wildman–Crippen MR) is 74.7 cm³/mol. The number of rotatable bonds is 3. The summed E-state index contributed by atoms with van der Waals surface area (Å²) in [6.07, 6.45) is 9.21. The van der Waals surface area contributed by atoms with Crippen molar-refractivity contribution < 1.29 is 14.7 Å². The summed E-state index contributed by atoms with van der Waals surface area (Å²) in [6, 6.07) is -0.123. The molecule has 0 aromatic carbocycles. The highest BCUT2D eigenvalue weighted by Gasteiger charge is 2.37. The third-order valence-corrected chi connectivity index (χ3v) is 4.50. The van der Waals surface area contributed by atoms with E-state index in [0.29, 0.717) is 12.5 Å². The summed E-state index contributed by atoms with van der Waals surface area (Å²) in [5.41, 5.74) is 0.785. The number of hydroxylamine groups is 2. The molecule has 6 nitrogen and oxygen atoms in total. The van der Waals surface area contributed by atoms with Gasteiger partial charge in [0.1, 0.15) is 6.04 Å². The Kier molecular flexibility index (Phi) is 4.45. The Labute approximate surface area is 124 Å². The Balaban J connectivity index is 1.67. The zero-order chi connectivity index (χ0) is 14.7. The maximum atomic E-state index is 12.7. The van der Waals surface area contributed by atoms with Gasteiger partial charge in [-0.05, 0) is 31.6 Å². The van der Waals surface area contributed by atoms with Crippen LogP contribution in [0.3, 0.4) is 0 Å². The minimum Gasteiger partial charge on any atom is -0.396 e. The standard InChI is InChI=1S/C15H21N3O3/c19-10-11-1-3-12(4-2-11)15(20)18-14(5-8-21-18)13-9-16-6-7-17-13/h6-7,9,11-12,14,19H,1-5,8,10H2/t11-,12-,14-/m0/s1. The molecule has 1 saturated heterocycles. The van der Waals surface area contributed by atoms with Crippen molar-refractivity contribution in [3.8, 4) is 0 Å². The second-order valence-electron chi connectivity index (χ2n) is 5.83. The van der Waals surface area contributed by atoms with E-state index in [2.05, 4.69) is 9.97 Å². The van der Waals surface area contributed by atoms with E-state index in [-0.39, 0.29) is 24.5 Å². The molecule has 1 aliphatic heterocycles. The summed E-state index contributed by atoms with van der Waals surface area (Å²) in [4.78, 5) is 26.6. The highest BCUT2D eigenvalue weighted by Crippen LogP contribution is 2.35. The molecule has 2 fully saturated rings. The molecule has 0 bridgehead atoms. The lowest BCUT2D eigenvalue weighted by Crippen LogP contribution is -2.37. The van der Waals surface area contributed by atoms with E-state index in [9.17, 15) is 9.90 Å². The Morgan fingerprint density at radius 1 is 1.29 bits per heavy atom. The fourth-order valence-corrected chi connectivity index (χ4v) is 3.21. The van der Waals surface area contributed by atoms with Crippen LogP contribution in [0, 0.1) is 11.8 Å². The van der Waals surface area contributed by atoms with Crippen LogP contribution in [-0.2, 0) is 9.63 Å². The molecule has 0 unspecified atom stereocenters.